The second kappa shape index (κ2) is 9.90. The van der Waals surface area contributed by atoms with Crippen LogP contribution in [-0.2, 0) is 22.2 Å². The molecule has 0 aliphatic rings. The van der Waals surface area contributed by atoms with Crippen LogP contribution in [0.2, 0.25) is 5.02 Å². The molecule has 0 saturated carbocycles. The number of aromatic nitrogens is 2. The van der Waals surface area contributed by atoms with Gasteiger partial charge in [0.1, 0.15) is 11.9 Å². The maximum absolute atomic E-state index is 12.7. The lowest BCUT2D eigenvalue weighted by atomic mass is 10.0. The lowest BCUT2D eigenvalue weighted by Crippen LogP contribution is -2.48. The van der Waals surface area contributed by atoms with E-state index >= 15 is 0 Å². The van der Waals surface area contributed by atoms with Gasteiger partial charge in [-0.1, -0.05) is 29.8 Å². The fourth-order valence-corrected chi connectivity index (χ4v) is 3.42. The molecule has 3 aromatic rings. The van der Waals surface area contributed by atoms with Crippen molar-refractivity contribution >= 4 is 40.1 Å². The summed E-state index contributed by atoms with van der Waals surface area (Å²) in [6.45, 7) is 1.64. The van der Waals surface area contributed by atoms with Gasteiger partial charge in [-0.2, -0.15) is 13.2 Å². The lowest BCUT2D eigenvalue weighted by Gasteiger charge is -2.18. The zero-order valence-electron chi connectivity index (χ0n) is 17.0. The third-order valence-electron chi connectivity index (χ3n) is 4.68. The maximum atomic E-state index is 12.7. The molecule has 0 saturated heterocycles. The molecule has 1 atom stereocenters. The first-order valence-corrected chi connectivity index (χ1v) is 10.1. The molecule has 0 spiro atoms. The molecule has 0 aliphatic heterocycles. The number of fused-ring (bicyclic) bond motifs is 1. The molecule has 1 unspecified atom stereocenters. The Labute approximate surface area is 186 Å². The summed E-state index contributed by atoms with van der Waals surface area (Å²) in [6.07, 6.45) is -1.77. The number of hydrogen-bond donors (Lipinski definition) is 4. The number of rotatable bonds is 8. The first kappa shape index (κ1) is 23.4. The van der Waals surface area contributed by atoms with Crippen LogP contribution in [-0.4, -0.2) is 40.9 Å². The number of halogens is 4. The van der Waals surface area contributed by atoms with E-state index in [1.807, 2.05) is 24.3 Å². The van der Waals surface area contributed by atoms with Crippen molar-refractivity contribution in [3.63, 3.8) is 0 Å². The lowest BCUT2D eigenvalue weighted by molar-refractivity contribution is -0.137. The summed E-state index contributed by atoms with van der Waals surface area (Å²) in [4.78, 5) is 31.0. The first-order chi connectivity index (χ1) is 15.1. The highest BCUT2D eigenvalue weighted by Crippen LogP contribution is 2.32. The van der Waals surface area contributed by atoms with Gasteiger partial charge in [0.05, 0.1) is 10.6 Å². The Morgan fingerprint density at radius 3 is 2.66 bits per heavy atom. The molecule has 0 fully saturated rings. The molecular weight excluding hydrogens is 447 g/mol. The van der Waals surface area contributed by atoms with Gasteiger partial charge < -0.3 is 20.9 Å². The molecule has 2 heterocycles. The van der Waals surface area contributed by atoms with Crippen molar-refractivity contribution in [2.75, 3.05) is 18.4 Å². The number of benzene rings is 1. The quantitative estimate of drug-likeness (QED) is 0.381. The van der Waals surface area contributed by atoms with Gasteiger partial charge >= 0.3 is 6.18 Å². The van der Waals surface area contributed by atoms with Gasteiger partial charge in [-0.05, 0) is 17.7 Å². The van der Waals surface area contributed by atoms with Crippen molar-refractivity contribution in [2.24, 2.45) is 0 Å². The Morgan fingerprint density at radius 2 is 1.97 bits per heavy atom. The van der Waals surface area contributed by atoms with Crippen molar-refractivity contribution in [3.8, 4) is 0 Å². The van der Waals surface area contributed by atoms with E-state index in [1.54, 1.807) is 6.20 Å². The summed E-state index contributed by atoms with van der Waals surface area (Å²) < 4.78 is 38.1. The fraction of sp³-hybridized carbons (Fsp3) is 0.286. The van der Waals surface area contributed by atoms with E-state index in [-0.39, 0.29) is 36.3 Å². The van der Waals surface area contributed by atoms with Crippen molar-refractivity contribution < 1.29 is 22.8 Å². The largest absolute Gasteiger partial charge is 0.417 e. The van der Waals surface area contributed by atoms with Crippen molar-refractivity contribution in [1.29, 1.82) is 0 Å². The highest BCUT2D eigenvalue weighted by molar-refractivity contribution is 6.32. The second-order valence-electron chi connectivity index (χ2n) is 7.09. The molecule has 2 aromatic heterocycles. The number of carbonyl (C=O) groups is 2. The van der Waals surface area contributed by atoms with Gasteiger partial charge in [0.25, 0.3) is 0 Å². The molecule has 0 aliphatic carbocycles. The van der Waals surface area contributed by atoms with Gasteiger partial charge in [-0.15, -0.1) is 0 Å². The number of para-hydroxylation sites is 1. The summed E-state index contributed by atoms with van der Waals surface area (Å²) in [5.41, 5.74) is 0.861. The number of amides is 2. The average Bonchev–Trinajstić information content (AvgIpc) is 3.13. The minimum Gasteiger partial charge on any atom is -0.367 e. The number of alkyl halides is 3. The number of pyridine rings is 1. The zero-order valence-corrected chi connectivity index (χ0v) is 17.8. The highest BCUT2D eigenvalue weighted by atomic mass is 35.5. The van der Waals surface area contributed by atoms with Gasteiger partial charge in [0, 0.05) is 49.7 Å². The number of anilines is 1. The fourth-order valence-electron chi connectivity index (χ4n) is 3.19. The first-order valence-electron chi connectivity index (χ1n) is 9.71. The smallest absolute Gasteiger partial charge is 0.367 e. The standard InChI is InChI=1S/C21H21ClF3N5O2/c1-12(31)30-18(8-13-10-28-17-5-3-2-4-15(13)17)20(32)27-7-6-26-19-16(22)9-14(11-29-19)21(23,24)25/h2-5,9-11,18,28H,6-8H2,1H3,(H,26,29)(H,27,32)(H,30,31). The van der Waals surface area contributed by atoms with Crippen molar-refractivity contribution in [2.45, 2.75) is 25.6 Å². The number of H-pyrrole nitrogens is 1. The molecule has 0 radical (unpaired) electrons. The minimum atomic E-state index is -4.54. The topological polar surface area (TPSA) is 98.9 Å². The van der Waals surface area contributed by atoms with Gasteiger partial charge in [0.2, 0.25) is 11.8 Å². The monoisotopic (exact) mass is 467 g/mol. The van der Waals surface area contributed by atoms with Crippen LogP contribution in [0.3, 0.4) is 0 Å². The molecule has 1 aromatic carbocycles. The third-order valence-corrected chi connectivity index (χ3v) is 4.97. The molecule has 170 valence electrons. The summed E-state index contributed by atoms with van der Waals surface area (Å²) in [5.74, 6) is -0.659. The van der Waals surface area contributed by atoms with Crippen molar-refractivity contribution in [1.82, 2.24) is 20.6 Å². The molecule has 3 rings (SSSR count). The number of nitrogens with zero attached hydrogens (tertiary/aromatic N) is 1. The Balaban J connectivity index is 1.57. The average molecular weight is 468 g/mol. The van der Waals surface area contributed by atoms with E-state index in [2.05, 4.69) is 25.9 Å². The number of nitrogens with one attached hydrogen (secondary N) is 4. The molecule has 0 bridgehead atoms. The van der Waals surface area contributed by atoms with Gasteiger partial charge in [-0.3, -0.25) is 9.59 Å². The highest BCUT2D eigenvalue weighted by Gasteiger charge is 2.31. The zero-order chi connectivity index (χ0) is 23.3. The molecule has 7 nitrogen and oxygen atoms in total. The minimum absolute atomic E-state index is 0.0751. The SMILES string of the molecule is CC(=O)NC(Cc1c[nH]c2ccccc12)C(=O)NCCNc1ncc(C(F)(F)F)cc1Cl. The summed E-state index contributed by atoms with van der Waals surface area (Å²) in [7, 11) is 0. The van der Waals surface area contributed by atoms with E-state index < -0.39 is 23.7 Å². The molecule has 2 amide bonds. The normalized spacial score (nSPS) is 12.4. The Hall–Kier alpha value is -3.27. The Kier molecular flexibility index (Phi) is 7.24. The number of carbonyl (C=O) groups excluding carboxylic acids is 2. The van der Waals surface area contributed by atoms with Crippen LogP contribution in [0, 0.1) is 0 Å². The van der Waals surface area contributed by atoms with E-state index in [1.165, 1.54) is 6.92 Å². The molecule has 4 N–H and O–H groups in total. The Morgan fingerprint density at radius 1 is 1.22 bits per heavy atom. The van der Waals surface area contributed by atoms with Crippen LogP contribution in [0.5, 0.6) is 0 Å². The summed E-state index contributed by atoms with van der Waals surface area (Å²) in [5, 5.41) is 8.90. The van der Waals surface area contributed by atoms with Crippen LogP contribution in [0.15, 0.2) is 42.7 Å². The third kappa shape index (κ3) is 5.91. The molecular formula is C21H21ClF3N5O2. The van der Waals surface area contributed by atoms with Crippen LogP contribution in [0.1, 0.15) is 18.1 Å². The Bertz CT molecular complexity index is 1120. The van der Waals surface area contributed by atoms with Crippen LogP contribution in [0.25, 0.3) is 10.9 Å². The summed E-state index contributed by atoms with van der Waals surface area (Å²) in [6, 6.07) is 7.61. The van der Waals surface area contributed by atoms with Gasteiger partial charge in [0.15, 0.2) is 0 Å². The number of hydrogen-bond acceptors (Lipinski definition) is 4. The van der Waals surface area contributed by atoms with E-state index in [0.717, 1.165) is 22.5 Å². The van der Waals surface area contributed by atoms with Crippen LogP contribution in [0.4, 0.5) is 19.0 Å². The van der Waals surface area contributed by atoms with E-state index in [9.17, 15) is 22.8 Å². The van der Waals surface area contributed by atoms with Crippen molar-refractivity contribution in [3.05, 3.63) is 58.9 Å². The molecule has 32 heavy (non-hydrogen) atoms. The molecule has 11 heteroatoms. The van der Waals surface area contributed by atoms with Gasteiger partial charge in [-0.25, -0.2) is 4.98 Å². The predicted molar refractivity (Wildman–Crippen MR) is 115 cm³/mol. The maximum Gasteiger partial charge on any atom is 0.417 e. The summed E-state index contributed by atoms with van der Waals surface area (Å²) >= 11 is 5.85. The van der Waals surface area contributed by atoms with Crippen LogP contribution >= 0.6 is 11.6 Å². The second-order valence-corrected chi connectivity index (χ2v) is 7.49. The van der Waals surface area contributed by atoms with Crippen LogP contribution < -0.4 is 16.0 Å². The number of aromatic amines is 1. The van der Waals surface area contributed by atoms with E-state index in [4.69, 9.17) is 11.6 Å². The van der Waals surface area contributed by atoms with E-state index in [0.29, 0.717) is 6.20 Å². The predicted octanol–water partition coefficient (Wildman–Crippen LogP) is 3.51.